The predicted molar refractivity (Wildman–Crippen MR) is 176 cm³/mol. The van der Waals surface area contributed by atoms with Crippen LogP contribution in [0.4, 0.5) is 10.6 Å². The van der Waals surface area contributed by atoms with Crippen molar-refractivity contribution in [3.05, 3.63) is 76.3 Å². The van der Waals surface area contributed by atoms with Gasteiger partial charge in [0.05, 0.1) is 30.9 Å². The zero-order valence-electron chi connectivity index (χ0n) is 28.0. The number of benzene rings is 2. The molecule has 1 saturated heterocycles. The molecule has 9 heteroatoms. The number of hydrogen-bond donors (Lipinski definition) is 0. The fraction of sp³-hybridized carbons (Fsp3) is 0.486. The number of hydrogen-bond acceptors (Lipinski definition) is 8. The molecule has 0 N–H and O–H groups in total. The third-order valence-electron chi connectivity index (χ3n) is 9.77. The highest BCUT2D eigenvalue weighted by Gasteiger charge is 2.71. The molecule has 3 aliphatic rings. The number of aromatic nitrogens is 1. The number of anilines is 1. The Morgan fingerprint density at radius 3 is 2.57 bits per heavy atom. The largest absolute Gasteiger partial charge is 0.488 e. The molecule has 2 fully saturated rings. The molecule has 0 radical (unpaired) electrons. The minimum Gasteiger partial charge on any atom is -0.488 e. The first-order chi connectivity index (χ1) is 22.0. The van der Waals surface area contributed by atoms with E-state index in [2.05, 4.69) is 36.9 Å². The van der Waals surface area contributed by atoms with E-state index >= 15 is 0 Å². The number of fused-ring (bicyclic) bond motifs is 2. The second-order valence-electron chi connectivity index (χ2n) is 13.8. The summed E-state index contributed by atoms with van der Waals surface area (Å²) in [7, 11) is 3.13. The molecule has 46 heavy (non-hydrogen) atoms. The second kappa shape index (κ2) is 12.2. The van der Waals surface area contributed by atoms with Gasteiger partial charge in [0.1, 0.15) is 23.8 Å². The molecule has 6 rings (SSSR count). The quantitative estimate of drug-likeness (QED) is 0.271. The molecular formula is C37H45N3O6. The Balaban J connectivity index is 1.21. The molecule has 244 valence electrons. The van der Waals surface area contributed by atoms with Crippen molar-refractivity contribution in [3.63, 3.8) is 0 Å². The average Bonchev–Trinajstić information content (AvgIpc) is 3.67. The van der Waals surface area contributed by atoms with Gasteiger partial charge in [0.2, 0.25) is 0 Å². The second-order valence-corrected chi connectivity index (χ2v) is 13.8. The van der Waals surface area contributed by atoms with Crippen molar-refractivity contribution in [1.29, 1.82) is 0 Å². The van der Waals surface area contributed by atoms with E-state index in [1.54, 1.807) is 12.0 Å². The zero-order chi connectivity index (χ0) is 32.8. The number of carbonyl (C=O) groups is 2. The van der Waals surface area contributed by atoms with Crippen LogP contribution in [0.1, 0.15) is 55.0 Å². The van der Waals surface area contributed by atoms with Crippen LogP contribution in [0.5, 0.6) is 5.75 Å². The summed E-state index contributed by atoms with van der Waals surface area (Å²) in [5.74, 6) is 1.69. The van der Waals surface area contributed by atoms with Gasteiger partial charge < -0.3 is 28.7 Å². The van der Waals surface area contributed by atoms with Crippen molar-refractivity contribution >= 4 is 17.9 Å². The lowest BCUT2D eigenvalue weighted by Gasteiger charge is -2.32. The topological polar surface area (TPSA) is 90.4 Å². The minimum absolute atomic E-state index is 0.130. The van der Waals surface area contributed by atoms with Crippen LogP contribution >= 0.6 is 0 Å². The van der Waals surface area contributed by atoms with Crippen LogP contribution in [0.2, 0.25) is 0 Å². The summed E-state index contributed by atoms with van der Waals surface area (Å²) in [6.07, 6.45) is 1.33. The maximum atomic E-state index is 12.8. The standard InChI is InChI=1S/C37H45N3O6/c1-23-10-8-11-29(30-12-9-13-32(38-30)40-20-27-18-37(27,34(41)44-7)31(40)22-43-6)33(23)45-21-26-15-14-25-19-39(17-16-28(25)24(26)2)35(42)46-36(3,4)5/h8-15,27,31H,16-22H2,1-7H3/t27-,31+,37+/m0/s1. The average molecular weight is 628 g/mol. The summed E-state index contributed by atoms with van der Waals surface area (Å²) in [6, 6.07) is 16.2. The van der Waals surface area contributed by atoms with E-state index in [1.165, 1.54) is 18.2 Å². The number of piperidine rings is 1. The van der Waals surface area contributed by atoms with E-state index in [1.807, 2.05) is 51.1 Å². The fourth-order valence-corrected chi connectivity index (χ4v) is 7.31. The van der Waals surface area contributed by atoms with Crippen molar-refractivity contribution in [2.75, 3.05) is 38.8 Å². The Kier molecular flexibility index (Phi) is 8.48. The summed E-state index contributed by atoms with van der Waals surface area (Å²) >= 11 is 0. The third-order valence-corrected chi connectivity index (χ3v) is 9.77. The minimum atomic E-state index is -0.527. The molecule has 9 nitrogen and oxygen atoms in total. The van der Waals surface area contributed by atoms with Crippen LogP contribution < -0.4 is 9.64 Å². The maximum absolute atomic E-state index is 12.8. The fourth-order valence-electron chi connectivity index (χ4n) is 7.31. The van der Waals surface area contributed by atoms with E-state index in [0.29, 0.717) is 26.3 Å². The predicted octanol–water partition coefficient (Wildman–Crippen LogP) is 6.25. The molecule has 2 aliphatic heterocycles. The molecule has 3 aromatic rings. The number of rotatable bonds is 8. The number of para-hydroxylation sites is 1. The first-order valence-electron chi connectivity index (χ1n) is 16.1. The molecule has 0 bridgehead atoms. The number of pyridine rings is 1. The van der Waals surface area contributed by atoms with Crippen LogP contribution in [-0.2, 0) is 38.6 Å². The summed E-state index contributed by atoms with van der Waals surface area (Å²) in [5, 5.41) is 0. The zero-order valence-corrected chi connectivity index (χ0v) is 28.0. The normalized spacial score (nSPS) is 21.8. The first-order valence-corrected chi connectivity index (χ1v) is 16.1. The van der Waals surface area contributed by atoms with Crippen molar-refractivity contribution in [3.8, 4) is 17.0 Å². The van der Waals surface area contributed by atoms with E-state index in [9.17, 15) is 9.59 Å². The summed E-state index contributed by atoms with van der Waals surface area (Å²) < 4.78 is 23.0. The van der Waals surface area contributed by atoms with Gasteiger partial charge in [-0.3, -0.25) is 4.79 Å². The van der Waals surface area contributed by atoms with Gasteiger partial charge in [0.25, 0.3) is 0 Å². The molecule has 2 aromatic carbocycles. The van der Waals surface area contributed by atoms with Crippen molar-refractivity contribution in [1.82, 2.24) is 9.88 Å². The number of carbonyl (C=O) groups excluding carboxylic acids is 2. The molecule has 0 spiro atoms. The monoisotopic (exact) mass is 627 g/mol. The van der Waals surface area contributed by atoms with Gasteiger partial charge in [-0.05, 0) is 99.4 Å². The Bertz CT molecular complexity index is 1650. The van der Waals surface area contributed by atoms with Crippen molar-refractivity contribution in [2.45, 2.75) is 72.3 Å². The van der Waals surface area contributed by atoms with E-state index in [0.717, 1.165) is 58.9 Å². The SMILES string of the molecule is COC[C@H]1N(c2cccc(-c3cccc(C)c3OCc3ccc4c(c3C)CCN(C(=O)OC(C)(C)C)C4)n2)C[C@@H]2C[C@@]21C(=O)OC. The number of ether oxygens (including phenoxy) is 4. The lowest BCUT2D eigenvalue weighted by atomic mass is 9.92. The third kappa shape index (κ3) is 5.81. The first kappa shape index (κ1) is 31.9. The molecule has 1 aromatic heterocycles. The molecule has 0 unspecified atom stereocenters. The van der Waals surface area contributed by atoms with Crippen LogP contribution in [0, 0.1) is 25.2 Å². The molecular weight excluding hydrogens is 582 g/mol. The van der Waals surface area contributed by atoms with Crippen LogP contribution in [0.25, 0.3) is 11.3 Å². The number of methoxy groups -OCH3 is 2. The highest BCUT2D eigenvalue weighted by atomic mass is 16.6. The number of amides is 1. The summed E-state index contributed by atoms with van der Waals surface area (Å²) in [5.41, 5.74) is 6.45. The van der Waals surface area contributed by atoms with Gasteiger partial charge in [0, 0.05) is 32.3 Å². The molecule has 3 heterocycles. The number of aryl methyl sites for hydroxylation is 1. The Morgan fingerprint density at radius 1 is 1.04 bits per heavy atom. The van der Waals surface area contributed by atoms with Crippen LogP contribution in [0.15, 0.2) is 48.5 Å². The summed E-state index contributed by atoms with van der Waals surface area (Å²) in [4.78, 5) is 34.6. The van der Waals surface area contributed by atoms with Crippen molar-refractivity contribution in [2.24, 2.45) is 11.3 Å². The number of esters is 1. The number of nitrogens with zero attached hydrogens (tertiary/aromatic N) is 3. The molecule has 1 aliphatic carbocycles. The van der Waals surface area contributed by atoms with E-state index in [-0.39, 0.29) is 24.0 Å². The molecule has 1 amide bonds. The highest BCUT2D eigenvalue weighted by molar-refractivity contribution is 5.84. The van der Waals surface area contributed by atoms with Gasteiger partial charge in [-0.1, -0.05) is 30.3 Å². The van der Waals surface area contributed by atoms with Crippen molar-refractivity contribution < 1.29 is 28.5 Å². The molecule has 3 atom stereocenters. The summed E-state index contributed by atoms with van der Waals surface area (Å²) in [6.45, 7) is 12.6. The smallest absolute Gasteiger partial charge is 0.410 e. The van der Waals surface area contributed by atoms with Crippen LogP contribution in [0.3, 0.4) is 0 Å². The lowest BCUT2D eigenvalue weighted by Crippen LogP contribution is -2.44. The molecule has 1 saturated carbocycles. The highest BCUT2D eigenvalue weighted by Crippen LogP contribution is 2.62. The van der Waals surface area contributed by atoms with Gasteiger partial charge in [-0.2, -0.15) is 0 Å². The van der Waals surface area contributed by atoms with Gasteiger partial charge in [0.15, 0.2) is 0 Å². The van der Waals surface area contributed by atoms with E-state index in [4.69, 9.17) is 23.9 Å². The van der Waals surface area contributed by atoms with Gasteiger partial charge in [-0.25, -0.2) is 9.78 Å². The van der Waals surface area contributed by atoms with Gasteiger partial charge in [-0.15, -0.1) is 0 Å². The van der Waals surface area contributed by atoms with Crippen LogP contribution in [-0.4, -0.2) is 67.5 Å². The maximum Gasteiger partial charge on any atom is 0.410 e. The lowest BCUT2D eigenvalue weighted by molar-refractivity contribution is -0.148. The Hall–Kier alpha value is -4.11. The Labute approximate surface area is 271 Å². The van der Waals surface area contributed by atoms with E-state index < -0.39 is 11.0 Å². The van der Waals surface area contributed by atoms with Gasteiger partial charge >= 0.3 is 12.1 Å². The Morgan fingerprint density at radius 2 is 1.83 bits per heavy atom.